The maximum atomic E-state index is 13.6. The standard InChI is InChI=1S/C15H14FN3O2S/c1-3-6-21-12-5-4-9(16)7-10(12)13-11(8-17)14(20)19-15(18-13)22-2/h4-5,7H,3,6H2,1-2H3,(H,18,19,20). The minimum absolute atomic E-state index is 0.126. The van der Waals surface area contributed by atoms with E-state index < -0.39 is 11.4 Å². The highest BCUT2D eigenvalue weighted by atomic mass is 32.2. The van der Waals surface area contributed by atoms with Crippen molar-refractivity contribution in [1.82, 2.24) is 9.97 Å². The molecule has 0 aliphatic carbocycles. The number of aromatic amines is 1. The predicted octanol–water partition coefficient (Wildman–Crippen LogP) is 2.96. The van der Waals surface area contributed by atoms with Crippen LogP contribution in [0.1, 0.15) is 18.9 Å². The van der Waals surface area contributed by atoms with Crippen LogP contribution in [0.25, 0.3) is 11.3 Å². The number of nitriles is 1. The van der Waals surface area contributed by atoms with Crippen molar-refractivity contribution in [3.8, 4) is 23.1 Å². The number of thioether (sulfide) groups is 1. The molecule has 0 saturated carbocycles. The second kappa shape index (κ2) is 7.09. The number of benzene rings is 1. The summed E-state index contributed by atoms with van der Waals surface area (Å²) in [5, 5.41) is 9.56. The molecule has 22 heavy (non-hydrogen) atoms. The number of aromatic nitrogens is 2. The first-order valence-corrected chi connectivity index (χ1v) is 7.84. The van der Waals surface area contributed by atoms with Crippen molar-refractivity contribution in [3.05, 3.63) is 39.9 Å². The molecule has 5 nitrogen and oxygen atoms in total. The highest BCUT2D eigenvalue weighted by Gasteiger charge is 2.17. The van der Waals surface area contributed by atoms with E-state index in [9.17, 15) is 14.4 Å². The van der Waals surface area contributed by atoms with Gasteiger partial charge in [0.2, 0.25) is 0 Å². The fourth-order valence-electron chi connectivity index (χ4n) is 1.87. The Morgan fingerprint density at radius 1 is 1.50 bits per heavy atom. The Hall–Kier alpha value is -2.33. The van der Waals surface area contributed by atoms with Gasteiger partial charge < -0.3 is 9.72 Å². The number of nitrogens with zero attached hydrogens (tertiary/aromatic N) is 2. The lowest BCUT2D eigenvalue weighted by Crippen LogP contribution is -2.15. The molecule has 0 aliphatic heterocycles. The summed E-state index contributed by atoms with van der Waals surface area (Å²) < 4.78 is 19.2. The molecule has 0 unspecified atom stereocenters. The van der Waals surface area contributed by atoms with Crippen LogP contribution in [0.4, 0.5) is 4.39 Å². The van der Waals surface area contributed by atoms with Crippen LogP contribution >= 0.6 is 11.8 Å². The van der Waals surface area contributed by atoms with E-state index in [-0.39, 0.29) is 11.3 Å². The van der Waals surface area contributed by atoms with E-state index in [1.165, 1.54) is 30.0 Å². The molecule has 2 aromatic rings. The number of ether oxygens (including phenoxy) is 1. The summed E-state index contributed by atoms with van der Waals surface area (Å²) >= 11 is 1.23. The highest BCUT2D eigenvalue weighted by Crippen LogP contribution is 2.31. The minimum atomic E-state index is -0.553. The number of halogens is 1. The SMILES string of the molecule is CCCOc1ccc(F)cc1-c1nc(SC)[nH]c(=O)c1C#N. The number of rotatable bonds is 5. The summed E-state index contributed by atoms with van der Waals surface area (Å²) in [6.07, 6.45) is 2.52. The molecule has 0 bridgehead atoms. The van der Waals surface area contributed by atoms with Crippen LogP contribution < -0.4 is 10.3 Å². The zero-order chi connectivity index (χ0) is 16.1. The third-order valence-electron chi connectivity index (χ3n) is 2.86. The average molecular weight is 319 g/mol. The lowest BCUT2D eigenvalue weighted by molar-refractivity contribution is 0.318. The van der Waals surface area contributed by atoms with Gasteiger partial charge in [0.05, 0.1) is 6.61 Å². The van der Waals surface area contributed by atoms with Crippen molar-refractivity contribution < 1.29 is 9.13 Å². The summed E-state index contributed by atoms with van der Waals surface area (Å²) in [6, 6.07) is 5.79. The van der Waals surface area contributed by atoms with Crippen LogP contribution in [-0.2, 0) is 0 Å². The molecule has 0 aliphatic rings. The normalized spacial score (nSPS) is 10.3. The van der Waals surface area contributed by atoms with Crippen molar-refractivity contribution in [1.29, 1.82) is 5.26 Å². The first-order chi connectivity index (χ1) is 10.6. The van der Waals surface area contributed by atoms with Gasteiger partial charge in [-0.1, -0.05) is 18.7 Å². The van der Waals surface area contributed by atoms with E-state index >= 15 is 0 Å². The first kappa shape index (κ1) is 16.0. The van der Waals surface area contributed by atoms with Crippen LogP contribution in [0.15, 0.2) is 28.2 Å². The molecule has 0 atom stereocenters. The largest absolute Gasteiger partial charge is 0.493 e. The van der Waals surface area contributed by atoms with Crippen molar-refractivity contribution >= 4 is 11.8 Å². The number of nitrogens with one attached hydrogen (secondary N) is 1. The second-order valence-corrected chi connectivity index (χ2v) is 5.19. The van der Waals surface area contributed by atoms with Gasteiger partial charge in [0, 0.05) is 5.56 Å². The Kier molecular flexibility index (Phi) is 5.17. The molecule has 0 fully saturated rings. The van der Waals surface area contributed by atoms with Crippen molar-refractivity contribution in [3.63, 3.8) is 0 Å². The van der Waals surface area contributed by atoms with Gasteiger partial charge in [0.15, 0.2) is 5.16 Å². The van der Waals surface area contributed by atoms with Gasteiger partial charge in [-0.3, -0.25) is 4.79 Å². The summed E-state index contributed by atoms with van der Waals surface area (Å²) in [6.45, 7) is 2.39. The third kappa shape index (κ3) is 3.28. The van der Waals surface area contributed by atoms with E-state index in [1.54, 1.807) is 6.26 Å². The highest BCUT2D eigenvalue weighted by molar-refractivity contribution is 7.98. The van der Waals surface area contributed by atoms with E-state index in [0.29, 0.717) is 23.1 Å². The van der Waals surface area contributed by atoms with E-state index in [1.807, 2.05) is 13.0 Å². The van der Waals surface area contributed by atoms with Crippen LogP contribution in [0.2, 0.25) is 0 Å². The molecule has 1 N–H and O–H groups in total. The Morgan fingerprint density at radius 2 is 2.27 bits per heavy atom. The van der Waals surface area contributed by atoms with E-state index in [2.05, 4.69) is 9.97 Å². The molecule has 0 radical (unpaired) electrons. The van der Waals surface area contributed by atoms with Crippen LogP contribution in [0.3, 0.4) is 0 Å². The molecule has 2 rings (SSSR count). The second-order valence-electron chi connectivity index (χ2n) is 4.40. The van der Waals surface area contributed by atoms with Crippen LogP contribution in [0, 0.1) is 17.1 Å². The fourth-order valence-corrected chi connectivity index (χ4v) is 2.25. The molecule has 0 saturated heterocycles. The van der Waals surface area contributed by atoms with Gasteiger partial charge in [-0.05, 0) is 30.9 Å². The Bertz CT molecular complexity index is 783. The minimum Gasteiger partial charge on any atom is -0.493 e. The summed E-state index contributed by atoms with van der Waals surface area (Å²) in [5.41, 5.74) is -0.292. The van der Waals surface area contributed by atoms with E-state index in [0.717, 1.165) is 6.42 Å². The number of hydrogen-bond acceptors (Lipinski definition) is 5. The van der Waals surface area contributed by atoms with Gasteiger partial charge >= 0.3 is 0 Å². The van der Waals surface area contributed by atoms with Gasteiger partial charge in [-0.15, -0.1) is 0 Å². The van der Waals surface area contributed by atoms with Gasteiger partial charge in [-0.2, -0.15) is 5.26 Å². The molecule has 0 spiro atoms. The maximum absolute atomic E-state index is 13.6. The predicted molar refractivity (Wildman–Crippen MR) is 82.5 cm³/mol. The third-order valence-corrected chi connectivity index (χ3v) is 3.44. The van der Waals surface area contributed by atoms with Gasteiger partial charge in [-0.25, -0.2) is 9.37 Å². The molecule has 1 aromatic carbocycles. The monoisotopic (exact) mass is 319 g/mol. The molecule has 1 heterocycles. The summed E-state index contributed by atoms with van der Waals surface area (Å²) in [4.78, 5) is 18.7. The van der Waals surface area contributed by atoms with Crippen LogP contribution in [-0.4, -0.2) is 22.8 Å². The van der Waals surface area contributed by atoms with Crippen LogP contribution in [0.5, 0.6) is 5.75 Å². The van der Waals surface area contributed by atoms with Crippen molar-refractivity contribution in [2.24, 2.45) is 0 Å². The Labute approximate surface area is 131 Å². The molecule has 1 aromatic heterocycles. The maximum Gasteiger partial charge on any atom is 0.270 e. The zero-order valence-electron chi connectivity index (χ0n) is 12.1. The number of hydrogen-bond donors (Lipinski definition) is 1. The average Bonchev–Trinajstić information content (AvgIpc) is 2.52. The number of H-pyrrole nitrogens is 1. The Balaban J connectivity index is 2.70. The van der Waals surface area contributed by atoms with Crippen molar-refractivity contribution in [2.45, 2.75) is 18.5 Å². The lowest BCUT2D eigenvalue weighted by atomic mass is 10.1. The quantitative estimate of drug-likeness (QED) is 0.677. The summed E-state index contributed by atoms with van der Waals surface area (Å²) in [5.74, 6) is -0.0968. The molecular weight excluding hydrogens is 305 g/mol. The molecule has 114 valence electrons. The van der Waals surface area contributed by atoms with E-state index in [4.69, 9.17) is 4.74 Å². The smallest absolute Gasteiger partial charge is 0.270 e. The van der Waals surface area contributed by atoms with Gasteiger partial charge in [0.25, 0.3) is 5.56 Å². The fraction of sp³-hybridized carbons (Fsp3) is 0.267. The molecule has 7 heteroatoms. The zero-order valence-corrected chi connectivity index (χ0v) is 13.0. The topological polar surface area (TPSA) is 78.8 Å². The van der Waals surface area contributed by atoms with Gasteiger partial charge in [0.1, 0.15) is 28.9 Å². The molecular formula is C15H14FN3O2S. The first-order valence-electron chi connectivity index (χ1n) is 6.61. The molecule has 0 amide bonds. The van der Waals surface area contributed by atoms with Crippen molar-refractivity contribution in [2.75, 3.05) is 12.9 Å². The lowest BCUT2D eigenvalue weighted by Gasteiger charge is -2.12. The summed E-state index contributed by atoms with van der Waals surface area (Å²) in [7, 11) is 0. The Morgan fingerprint density at radius 3 is 2.91 bits per heavy atom.